The van der Waals surface area contributed by atoms with Gasteiger partial charge in [0.2, 0.25) is 0 Å². The zero-order valence-corrected chi connectivity index (χ0v) is 15.2. The lowest BCUT2D eigenvalue weighted by Gasteiger charge is -2.11. The summed E-state index contributed by atoms with van der Waals surface area (Å²) in [6, 6.07) is 1.45. The molecule has 0 radical (unpaired) electrons. The van der Waals surface area contributed by atoms with Crippen molar-refractivity contribution < 1.29 is 30.6 Å². The number of rotatable bonds is 3. The normalized spacial score (nSPS) is 13.9. The molecule has 1 atom stereocenters. The van der Waals surface area contributed by atoms with Crippen LogP contribution in [0.2, 0.25) is 0 Å². The van der Waals surface area contributed by atoms with Crippen LogP contribution in [0.25, 0.3) is 17.0 Å². The van der Waals surface area contributed by atoms with Gasteiger partial charge in [0.25, 0.3) is 0 Å². The van der Waals surface area contributed by atoms with Gasteiger partial charge in [0.15, 0.2) is 0 Å². The van der Waals surface area contributed by atoms with Crippen molar-refractivity contribution in [3.63, 3.8) is 0 Å². The number of fused-ring (bicyclic) bond motifs is 1. The largest absolute Gasteiger partial charge is 0.433 e. The molecule has 3 heterocycles. The van der Waals surface area contributed by atoms with E-state index in [1.165, 1.54) is 18.2 Å². The topological polar surface area (TPSA) is 60.2 Å². The molecule has 28 heavy (non-hydrogen) atoms. The number of pyridine rings is 1. The number of halogens is 6. The van der Waals surface area contributed by atoms with E-state index in [2.05, 4.69) is 15.0 Å². The van der Waals surface area contributed by atoms with E-state index in [-0.39, 0.29) is 27.7 Å². The van der Waals surface area contributed by atoms with Crippen molar-refractivity contribution in [2.45, 2.75) is 31.1 Å². The molecule has 0 aliphatic rings. The van der Waals surface area contributed by atoms with Gasteiger partial charge in [0, 0.05) is 18.0 Å². The van der Waals surface area contributed by atoms with Crippen molar-refractivity contribution in [2.24, 2.45) is 0 Å². The Bertz CT molecular complexity index is 1070. The fourth-order valence-corrected chi connectivity index (χ4v) is 3.48. The highest BCUT2D eigenvalue weighted by Gasteiger charge is 2.34. The molecule has 3 aromatic heterocycles. The van der Waals surface area contributed by atoms with E-state index in [1.807, 2.05) is 0 Å². The average Bonchev–Trinajstić information content (AvgIpc) is 2.95. The molecule has 0 bridgehead atoms. The lowest BCUT2D eigenvalue weighted by molar-refractivity contribution is -0.141. The average molecular weight is 422 g/mol. The predicted molar refractivity (Wildman–Crippen MR) is 87.9 cm³/mol. The van der Waals surface area contributed by atoms with E-state index in [0.29, 0.717) is 11.9 Å². The molecule has 3 rings (SSSR count). The molecule has 0 spiro atoms. The van der Waals surface area contributed by atoms with E-state index in [0.717, 1.165) is 18.5 Å². The van der Waals surface area contributed by atoms with E-state index in [4.69, 9.17) is 0 Å². The van der Waals surface area contributed by atoms with Crippen molar-refractivity contribution in [1.82, 2.24) is 19.4 Å². The summed E-state index contributed by atoms with van der Waals surface area (Å²) in [6.07, 6.45) is -7.86. The molecule has 0 saturated carbocycles. The summed E-state index contributed by atoms with van der Waals surface area (Å²) in [4.78, 5) is 11.0. The second-order valence-electron chi connectivity index (χ2n) is 5.75. The van der Waals surface area contributed by atoms with Crippen molar-refractivity contribution in [1.29, 1.82) is 0 Å². The lowest BCUT2D eigenvalue weighted by atomic mass is 10.2. The van der Waals surface area contributed by atoms with E-state index >= 15 is 0 Å². The van der Waals surface area contributed by atoms with Crippen molar-refractivity contribution in [3.8, 4) is 11.4 Å². The number of aromatic nitrogens is 4. The van der Waals surface area contributed by atoms with Crippen LogP contribution < -0.4 is 0 Å². The fraction of sp³-hybridized carbons (Fsp3) is 0.312. The number of aryl methyl sites for hydroxylation is 1. The molecule has 5 nitrogen and oxygen atoms in total. The molecular weight excluding hydrogens is 410 g/mol. The van der Waals surface area contributed by atoms with E-state index < -0.39 is 34.4 Å². The molecule has 0 aromatic carbocycles. The first-order valence-electron chi connectivity index (χ1n) is 7.81. The van der Waals surface area contributed by atoms with Gasteiger partial charge in [0.05, 0.1) is 27.0 Å². The van der Waals surface area contributed by atoms with Gasteiger partial charge in [-0.25, -0.2) is 9.97 Å². The lowest BCUT2D eigenvalue weighted by Crippen LogP contribution is -2.09. The Kier molecular flexibility index (Phi) is 4.94. The Labute approximate surface area is 156 Å². The molecule has 0 aliphatic heterocycles. The monoisotopic (exact) mass is 422 g/mol. The number of alkyl halides is 6. The minimum atomic E-state index is -4.68. The van der Waals surface area contributed by atoms with Gasteiger partial charge in [-0.15, -0.1) is 0 Å². The van der Waals surface area contributed by atoms with Gasteiger partial charge in [-0.2, -0.15) is 26.3 Å². The summed E-state index contributed by atoms with van der Waals surface area (Å²) in [5, 5.41) is 0. The molecule has 0 amide bonds. The molecule has 0 N–H and O–H groups in total. The summed E-state index contributed by atoms with van der Waals surface area (Å²) < 4.78 is 91.1. The predicted octanol–water partition coefficient (Wildman–Crippen LogP) is 4.26. The first-order valence-corrected chi connectivity index (χ1v) is 9.13. The molecule has 0 aliphatic carbocycles. The van der Waals surface area contributed by atoms with Crippen molar-refractivity contribution in [3.05, 3.63) is 41.6 Å². The smallest absolute Gasteiger partial charge is 0.287 e. The zero-order valence-electron chi connectivity index (χ0n) is 14.4. The van der Waals surface area contributed by atoms with Gasteiger partial charge < -0.3 is 0 Å². The summed E-state index contributed by atoms with van der Waals surface area (Å²) in [6.45, 7) is 3.03. The maximum absolute atomic E-state index is 13.0. The summed E-state index contributed by atoms with van der Waals surface area (Å²) >= 11 is 0. The van der Waals surface area contributed by atoms with Gasteiger partial charge in [-0.3, -0.25) is 13.6 Å². The minimum Gasteiger partial charge on any atom is -0.287 e. The first kappa shape index (κ1) is 20.2. The fourth-order valence-electron chi connectivity index (χ4n) is 2.55. The maximum Gasteiger partial charge on any atom is 0.433 e. The Morgan fingerprint density at radius 3 is 2.29 bits per heavy atom. The van der Waals surface area contributed by atoms with Crippen LogP contribution in [0.15, 0.2) is 29.6 Å². The van der Waals surface area contributed by atoms with Crippen LogP contribution in [0, 0.1) is 6.92 Å². The second-order valence-corrected chi connectivity index (χ2v) is 7.46. The van der Waals surface area contributed by atoms with Gasteiger partial charge in [0.1, 0.15) is 29.1 Å². The highest BCUT2D eigenvalue weighted by atomic mass is 32.2. The number of hydrogen-bond donors (Lipinski definition) is 0. The quantitative estimate of drug-likeness (QED) is 0.592. The van der Waals surface area contributed by atoms with Crippen LogP contribution in [0.5, 0.6) is 0 Å². The Balaban J connectivity index is 2.24. The third-order valence-electron chi connectivity index (χ3n) is 3.96. The van der Waals surface area contributed by atoms with Crippen LogP contribution in [0.4, 0.5) is 26.3 Å². The standard InChI is InChI=1S/C16H12F6N4OS/c1-3-28(27)10-4-9(15(17,18)19)6-23-14(10)13-8(2)26-7-24-11(16(20,21)22)5-12(26)25-13/h4-7H,3H2,1-2H3. The zero-order chi connectivity index (χ0) is 20.9. The SMILES string of the molecule is CCS(=O)c1cc(C(F)(F)F)cnc1-c1nc2cc(C(F)(F)F)ncn2c1C. The number of hydrogen-bond acceptors (Lipinski definition) is 4. The summed E-state index contributed by atoms with van der Waals surface area (Å²) in [7, 11) is -1.80. The molecule has 1 unspecified atom stereocenters. The number of nitrogens with zero attached hydrogens (tertiary/aromatic N) is 4. The van der Waals surface area contributed by atoms with Crippen LogP contribution in [-0.2, 0) is 23.2 Å². The van der Waals surface area contributed by atoms with Crippen molar-refractivity contribution >= 4 is 16.4 Å². The Morgan fingerprint density at radius 1 is 1.04 bits per heavy atom. The highest BCUT2D eigenvalue weighted by Crippen LogP contribution is 2.35. The van der Waals surface area contributed by atoms with Gasteiger partial charge in [-0.05, 0) is 13.0 Å². The Morgan fingerprint density at radius 2 is 1.71 bits per heavy atom. The third-order valence-corrected chi connectivity index (χ3v) is 5.28. The highest BCUT2D eigenvalue weighted by molar-refractivity contribution is 7.85. The number of imidazole rings is 1. The maximum atomic E-state index is 13.0. The molecule has 0 fully saturated rings. The molecule has 0 saturated heterocycles. The molecule has 12 heteroatoms. The van der Waals surface area contributed by atoms with Crippen LogP contribution in [0.1, 0.15) is 23.9 Å². The van der Waals surface area contributed by atoms with E-state index in [1.54, 1.807) is 0 Å². The second kappa shape index (κ2) is 6.83. The summed E-state index contributed by atoms with van der Waals surface area (Å²) in [5.41, 5.74) is -2.08. The summed E-state index contributed by atoms with van der Waals surface area (Å²) in [5.74, 6) is 0.0299. The third kappa shape index (κ3) is 3.60. The van der Waals surface area contributed by atoms with Gasteiger partial charge >= 0.3 is 12.4 Å². The first-order chi connectivity index (χ1) is 12.9. The van der Waals surface area contributed by atoms with Crippen molar-refractivity contribution in [2.75, 3.05) is 5.75 Å². The van der Waals surface area contributed by atoms with Crippen LogP contribution in [0.3, 0.4) is 0 Å². The molecular formula is C16H12F6N4OS. The van der Waals surface area contributed by atoms with Gasteiger partial charge in [-0.1, -0.05) is 6.92 Å². The van der Waals surface area contributed by atoms with Crippen LogP contribution in [-0.4, -0.2) is 29.3 Å². The molecule has 3 aromatic rings. The minimum absolute atomic E-state index is 0.0299. The van der Waals surface area contributed by atoms with Crippen LogP contribution >= 0.6 is 0 Å². The Hall–Kier alpha value is -2.50. The molecule has 150 valence electrons. The van der Waals surface area contributed by atoms with E-state index in [9.17, 15) is 30.6 Å².